The van der Waals surface area contributed by atoms with Crippen LogP contribution in [0.5, 0.6) is 0 Å². The molecule has 0 spiro atoms. The third-order valence-corrected chi connectivity index (χ3v) is 4.68. The largest absolute Gasteiger partial charge is 0.349 e. The highest BCUT2D eigenvalue weighted by molar-refractivity contribution is 5.91. The van der Waals surface area contributed by atoms with Crippen molar-refractivity contribution in [3.63, 3.8) is 0 Å². The molecule has 0 aliphatic carbocycles. The van der Waals surface area contributed by atoms with Crippen molar-refractivity contribution in [1.82, 2.24) is 19.8 Å². The summed E-state index contributed by atoms with van der Waals surface area (Å²) < 4.78 is 0. The average Bonchev–Trinajstić information content (AvgIpc) is 3.06. The number of nitrogens with one attached hydrogen (secondary N) is 1. The van der Waals surface area contributed by atoms with Gasteiger partial charge in [-0.15, -0.1) is 0 Å². The number of carbonyl (C=O) groups is 2. The molecule has 1 aromatic heterocycles. The zero-order valence-corrected chi connectivity index (χ0v) is 16.9. The van der Waals surface area contributed by atoms with Crippen molar-refractivity contribution in [2.24, 2.45) is 5.92 Å². The van der Waals surface area contributed by atoms with Crippen LogP contribution < -0.4 is 5.32 Å². The molecular formula is C21H27N5O2. The van der Waals surface area contributed by atoms with E-state index >= 15 is 0 Å². The Bertz CT molecular complexity index is 879. The van der Waals surface area contributed by atoms with Gasteiger partial charge in [0.05, 0.1) is 25.2 Å². The lowest BCUT2D eigenvalue weighted by Crippen LogP contribution is -2.31. The standard InChI is InChI=1S/C21H27N5O2/c1-14(2)9-19-22-11-16-12-26(13-18(16)23-19)21(28)24-17-8-6-5-7-15(17)10-20(27)25(3)4/h5-8,11,14H,9-10,12-13H2,1-4H3,(H,24,28). The number of benzene rings is 1. The summed E-state index contributed by atoms with van der Waals surface area (Å²) in [5.74, 6) is 1.30. The summed E-state index contributed by atoms with van der Waals surface area (Å²) in [6, 6.07) is 7.19. The second kappa shape index (κ2) is 8.37. The number of nitrogens with zero attached hydrogens (tertiary/aromatic N) is 4. The molecule has 7 heteroatoms. The van der Waals surface area contributed by atoms with E-state index < -0.39 is 0 Å². The Morgan fingerprint density at radius 3 is 2.68 bits per heavy atom. The minimum absolute atomic E-state index is 0.0109. The zero-order chi connectivity index (χ0) is 20.3. The molecule has 0 saturated heterocycles. The molecule has 3 rings (SSSR count). The number of hydrogen-bond acceptors (Lipinski definition) is 4. The minimum Gasteiger partial charge on any atom is -0.349 e. The van der Waals surface area contributed by atoms with Crippen molar-refractivity contribution >= 4 is 17.6 Å². The number of hydrogen-bond donors (Lipinski definition) is 1. The molecule has 0 unspecified atom stereocenters. The lowest BCUT2D eigenvalue weighted by Gasteiger charge is -2.18. The average molecular weight is 381 g/mol. The Kier molecular flexibility index (Phi) is 5.92. The third kappa shape index (κ3) is 4.65. The molecule has 148 valence electrons. The molecule has 0 saturated carbocycles. The van der Waals surface area contributed by atoms with Gasteiger partial charge in [-0.05, 0) is 17.5 Å². The van der Waals surface area contributed by atoms with Crippen LogP contribution in [-0.2, 0) is 30.7 Å². The first kappa shape index (κ1) is 19.8. The highest BCUT2D eigenvalue weighted by atomic mass is 16.2. The van der Waals surface area contributed by atoms with E-state index in [0.717, 1.165) is 29.1 Å². The van der Waals surface area contributed by atoms with Gasteiger partial charge < -0.3 is 15.1 Å². The molecule has 1 aromatic carbocycles. The number of para-hydroxylation sites is 1. The van der Waals surface area contributed by atoms with Gasteiger partial charge in [-0.3, -0.25) is 4.79 Å². The molecule has 0 radical (unpaired) electrons. The fraction of sp³-hybridized carbons (Fsp3) is 0.429. The number of fused-ring (bicyclic) bond motifs is 1. The van der Waals surface area contributed by atoms with Crippen LogP contribution in [0.15, 0.2) is 30.5 Å². The molecule has 0 atom stereocenters. The first-order chi connectivity index (χ1) is 13.3. The number of carbonyl (C=O) groups excluding carboxylic acids is 2. The van der Waals surface area contributed by atoms with Crippen molar-refractivity contribution < 1.29 is 9.59 Å². The van der Waals surface area contributed by atoms with Gasteiger partial charge in [-0.2, -0.15) is 0 Å². The maximum Gasteiger partial charge on any atom is 0.322 e. The van der Waals surface area contributed by atoms with Gasteiger partial charge in [0.1, 0.15) is 5.82 Å². The first-order valence-corrected chi connectivity index (χ1v) is 9.51. The summed E-state index contributed by atoms with van der Waals surface area (Å²) in [5.41, 5.74) is 3.35. The Hall–Kier alpha value is -2.96. The van der Waals surface area contributed by atoms with E-state index in [4.69, 9.17) is 0 Å². The van der Waals surface area contributed by atoms with Crippen LogP contribution in [0.25, 0.3) is 0 Å². The van der Waals surface area contributed by atoms with Crippen molar-refractivity contribution in [2.45, 2.75) is 39.8 Å². The highest BCUT2D eigenvalue weighted by Gasteiger charge is 2.26. The summed E-state index contributed by atoms with van der Waals surface area (Å²) in [4.78, 5) is 37.1. The van der Waals surface area contributed by atoms with Gasteiger partial charge >= 0.3 is 6.03 Å². The summed E-state index contributed by atoms with van der Waals surface area (Å²) >= 11 is 0. The van der Waals surface area contributed by atoms with Crippen molar-refractivity contribution in [3.05, 3.63) is 53.1 Å². The zero-order valence-electron chi connectivity index (χ0n) is 16.9. The number of urea groups is 1. The maximum atomic E-state index is 12.8. The van der Waals surface area contributed by atoms with Crippen LogP contribution in [0.4, 0.5) is 10.5 Å². The van der Waals surface area contributed by atoms with Gasteiger partial charge in [0.25, 0.3) is 0 Å². The summed E-state index contributed by atoms with van der Waals surface area (Å²) in [5, 5.41) is 2.95. The Labute approximate surface area is 165 Å². The number of rotatable bonds is 5. The van der Waals surface area contributed by atoms with E-state index in [9.17, 15) is 9.59 Å². The van der Waals surface area contributed by atoms with Crippen LogP contribution in [0.1, 0.15) is 36.5 Å². The predicted molar refractivity (Wildman–Crippen MR) is 108 cm³/mol. The Morgan fingerprint density at radius 2 is 1.96 bits per heavy atom. The quantitative estimate of drug-likeness (QED) is 0.864. The normalized spacial score (nSPS) is 12.8. The number of aromatic nitrogens is 2. The molecule has 1 aliphatic rings. The molecule has 0 bridgehead atoms. The minimum atomic E-state index is -0.201. The lowest BCUT2D eigenvalue weighted by molar-refractivity contribution is -0.127. The first-order valence-electron chi connectivity index (χ1n) is 9.51. The molecular weight excluding hydrogens is 354 g/mol. The number of anilines is 1. The van der Waals surface area contributed by atoms with Crippen LogP contribution >= 0.6 is 0 Å². The number of likely N-dealkylation sites (N-methyl/N-ethyl adjacent to an activating group) is 1. The molecule has 0 fully saturated rings. The SMILES string of the molecule is CC(C)Cc1ncc2c(n1)CN(C(=O)Nc1ccccc1CC(=O)N(C)C)C2. The van der Waals surface area contributed by atoms with E-state index in [0.29, 0.717) is 24.7 Å². The molecule has 7 nitrogen and oxygen atoms in total. The smallest absolute Gasteiger partial charge is 0.322 e. The van der Waals surface area contributed by atoms with E-state index in [1.165, 1.54) is 0 Å². The summed E-state index contributed by atoms with van der Waals surface area (Å²) in [6.07, 6.45) is 2.90. The Morgan fingerprint density at radius 1 is 1.21 bits per heavy atom. The lowest BCUT2D eigenvalue weighted by atomic mass is 10.1. The van der Waals surface area contributed by atoms with E-state index in [2.05, 4.69) is 29.1 Å². The van der Waals surface area contributed by atoms with E-state index in [1.807, 2.05) is 30.5 Å². The molecule has 28 heavy (non-hydrogen) atoms. The molecule has 2 heterocycles. The van der Waals surface area contributed by atoms with Gasteiger partial charge in [-0.25, -0.2) is 14.8 Å². The van der Waals surface area contributed by atoms with Crippen LogP contribution in [0.3, 0.4) is 0 Å². The topological polar surface area (TPSA) is 78.4 Å². The molecule has 1 aliphatic heterocycles. The van der Waals surface area contributed by atoms with Gasteiger partial charge in [0.2, 0.25) is 5.91 Å². The van der Waals surface area contributed by atoms with Crippen molar-refractivity contribution in [3.8, 4) is 0 Å². The number of amides is 3. The molecule has 2 aromatic rings. The van der Waals surface area contributed by atoms with Crippen LogP contribution in [0, 0.1) is 5.92 Å². The Balaban J connectivity index is 1.68. The summed E-state index contributed by atoms with van der Waals surface area (Å²) in [6.45, 7) is 5.22. The van der Waals surface area contributed by atoms with Crippen molar-refractivity contribution in [1.29, 1.82) is 0 Å². The van der Waals surface area contributed by atoms with E-state index in [-0.39, 0.29) is 18.4 Å². The fourth-order valence-corrected chi connectivity index (χ4v) is 3.11. The maximum absolute atomic E-state index is 12.8. The fourth-order valence-electron chi connectivity index (χ4n) is 3.11. The van der Waals surface area contributed by atoms with Crippen molar-refractivity contribution in [2.75, 3.05) is 19.4 Å². The van der Waals surface area contributed by atoms with E-state index in [1.54, 1.807) is 23.9 Å². The van der Waals surface area contributed by atoms with Crippen LogP contribution in [0.2, 0.25) is 0 Å². The monoisotopic (exact) mass is 381 g/mol. The summed E-state index contributed by atoms with van der Waals surface area (Å²) in [7, 11) is 3.44. The van der Waals surface area contributed by atoms with Crippen LogP contribution in [-0.4, -0.2) is 45.8 Å². The highest BCUT2D eigenvalue weighted by Crippen LogP contribution is 2.23. The molecule has 3 amide bonds. The van der Waals surface area contributed by atoms with Gasteiger partial charge in [0, 0.05) is 38.0 Å². The van der Waals surface area contributed by atoms with Gasteiger partial charge in [-0.1, -0.05) is 32.0 Å². The van der Waals surface area contributed by atoms with Gasteiger partial charge in [0.15, 0.2) is 0 Å². The second-order valence-corrected chi connectivity index (χ2v) is 7.76. The predicted octanol–water partition coefficient (Wildman–Crippen LogP) is 2.85. The third-order valence-electron chi connectivity index (χ3n) is 4.68. The second-order valence-electron chi connectivity index (χ2n) is 7.76. The molecule has 1 N–H and O–H groups in total.